The SMILES string of the molecule is CC(=O)Nc1ccc(Cl)cc1N(N)c1cccc(C(F)(F)F)c1Cc1ccc(C#N)cc1. The molecule has 0 radical (unpaired) electrons. The molecule has 3 N–H and O–H groups in total. The molecule has 0 saturated heterocycles. The summed E-state index contributed by atoms with van der Waals surface area (Å²) in [5, 5.41) is 12.9. The molecule has 9 heteroatoms. The molecule has 0 heterocycles. The van der Waals surface area contributed by atoms with Crippen molar-refractivity contribution in [2.75, 3.05) is 10.3 Å². The number of alkyl halides is 3. The van der Waals surface area contributed by atoms with Crippen LogP contribution < -0.4 is 16.2 Å². The van der Waals surface area contributed by atoms with Gasteiger partial charge < -0.3 is 5.32 Å². The van der Waals surface area contributed by atoms with E-state index in [0.29, 0.717) is 21.8 Å². The van der Waals surface area contributed by atoms with Crippen molar-refractivity contribution in [3.63, 3.8) is 0 Å². The molecule has 0 saturated carbocycles. The van der Waals surface area contributed by atoms with Crippen molar-refractivity contribution in [1.82, 2.24) is 0 Å². The number of rotatable bonds is 5. The highest BCUT2D eigenvalue weighted by Gasteiger charge is 2.35. The van der Waals surface area contributed by atoms with Crippen LogP contribution >= 0.6 is 11.6 Å². The summed E-state index contributed by atoms with van der Waals surface area (Å²) in [6, 6.07) is 16.5. The zero-order chi connectivity index (χ0) is 23.5. The molecule has 0 aliphatic rings. The Morgan fingerprint density at radius 1 is 1.12 bits per heavy atom. The summed E-state index contributed by atoms with van der Waals surface area (Å²) < 4.78 is 41.6. The number of carbonyl (C=O) groups excluding carboxylic acids is 1. The Balaban J connectivity index is 2.15. The second-order valence-corrected chi connectivity index (χ2v) is 7.44. The molecule has 0 atom stereocenters. The lowest BCUT2D eigenvalue weighted by atomic mass is 9.96. The maximum Gasteiger partial charge on any atom is 0.416 e. The van der Waals surface area contributed by atoms with Crippen LogP contribution in [-0.4, -0.2) is 5.91 Å². The molecule has 3 rings (SSSR count). The van der Waals surface area contributed by atoms with Crippen LogP contribution in [0.4, 0.5) is 30.2 Å². The standard InChI is InChI=1S/C23H18ClF3N4O/c1-14(32)30-20-10-9-17(24)12-22(20)31(29)21-4-2-3-19(23(25,26)27)18(21)11-15-5-7-16(13-28)8-6-15/h2-10,12H,11,29H2,1H3,(H,30,32). The topological polar surface area (TPSA) is 82.2 Å². The highest BCUT2D eigenvalue weighted by atomic mass is 35.5. The zero-order valence-electron chi connectivity index (χ0n) is 16.9. The molecule has 0 spiro atoms. The van der Waals surface area contributed by atoms with Crippen LogP contribution in [0.3, 0.4) is 0 Å². The molecule has 1 amide bonds. The van der Waals surface area contributed by atoms with E-state index in [2.05, 4.69) is 5.32 Å². The van der Waals surface area contributed by atoms with Gasteiger partial charge in [0.15, 0.2) is 0 Å². The maximum absolute atomic E-state index is 13.9. The second kappa shape index (κ2) is 9.30. The lowest BCUT2D eigenvalue weighted by Crippen LogP contribution is -2.28. The first-order valence-electron chi connectivity index (χ1n) is 9.40. The highest BCUT2D eigenvalue weighted by molar-refractivity contribution is 6.31. The Hall–Kier alpha value is -3.54. The van der Waals surface area contributed by atoms with Crippen LogP contribution in [0.2, 0.25) is 5.02 Å². The van der Waals surface area contributed by atoms with Crippen LogP contribution in [0, 0.1) is 11.3 Å². The van der Waals surface area contributed by atoms with Gasteiger partial charge in [-0.15, -0.1) is 0 Å². The van der Waals surface area contributed by atoms with Gasteiger partial charge in [-0.05, 0) is 53.6 Å². The Bertz CT molecular complexity index is 1190. The predicted octanol–water partition coefficient (Wildman–Crippen LogP) is 5.79. The van der Waals surface area contributed by atoms with Crippen molar-refractivity contribution < 1.29 is 18.0 Å². The average Bonchev–Trinajstić information content (AvgIpc) is 2.74. The van der Waals surface area contributed by atoms with Gasteiger partial charge >= 0.3 is 6.18 Å². The second-order valence-electron chi connectivity index (χ2n) is 7.00. The summed E-state index contributed by atoms with van der Waals surface area (Å²) in [5.41, 5.74) is 0.706. The molecule has 0 aliphatic carbocycles. The van der Waals surface area contributed by atoms with Crippen LogP contribution in [0.1, 0.15) is 29.2 Å². The van der Waals surface area contributed by atoms with E-state index in [1.807, 2.05) is 6.07 Å². The van der Waals surface area contributed by atoms with Crippen LogP contribution in [-0.2, 0) is 17.4 Å². The number of nitrogens with two attached hydrogens (primary N) is 1. The van der Waals surface area contributed by atoms with Crippen LogP contribution in [0.15, 0.2) is 60.7 Å². The summed E-state index contributed by atoms with van der Waals surface area (Å²) in [6.07, 6.45) is -4.70. The van der Waals surface area contributed by atoms with Crippen molar-refractivity contribution in [1.29, 1.82) is 5.26 Å². The van der Waals surface area contributed by atoms with Crippen molar-refractivity contribution in [3.05, 3.63) is 87.9 Å². The van der Waals surface area contributed by atoms with Crippen molar-refractivity contribution in [2.24, 2.45) is 5.84 Å². The molecule has 164 valence electrons. The number of anilines is 3. The summed E-state index contributed by atoms with van der Waals surface area (Å²) in [5.74, 6) is 5.92. The van der Waals surface area contributed by atoms with Crippen LogP contribution in [0.25, 0.3) is 0 Å². The molecule has 5 nitrogen and oxygen atoms in total. The number of hydrogen-bond acceptors (Lipinski definition) is 4. The van der Waals surface area contributed by atoms with Gasteiger partial charge in [0.1, 0.15) is 0 Å². The van der Waals surface area contributed by atoms with E-state index in [0.717, 1.165) is 11.1 Å². The van der Waals surface area contributed by atoms with Crippen LogP contribution in [0.5, 0.6) is 0 Å². The largest absolute Gasteiger partial charge is 0.416 e. The van der Waals surface area contributed by atoms with Gasteiger partial charge in [0.2, 0.25) is 5.91 Å². The summed E-state index contributed by atoms with van der Waals surface area (Å²) in [4.78, 5) is 11.6. The third-order valence-corrected chi connectivity index (χ3v) is 4.95. The highest BCUT2D eigenvalue weighted by Crippen LogP contribution is 2.40. The first kappa shape index (κ1) is 23.1. The fraction of sp³-hybridized carbons (Fsp3) is 0.130. The van der Waals surface area contributed by atoms with Crippen molar-refractivity contribution >= 4 is 34.6 Å². The summed E-state index contributed by atoms with van der Waals surface area (Å²) in [6.45, 7) is 1.31. The molecule has 0 aliphatic heterocycles. The lowest BCUT2D eigenvalue weighted by molar-refractivity contribution is -0.138. The molecular weight excluding hydrogens is 441 g/mol. The minimum Gasteiger partial charge on any atom is -0.324 e. The molecule has 3 aromatic carbocycles. The fourth-order valence-electron chi connectivity index (χ4n) is 3.28. The molecule has 32 heavy (non-hydrogen) atoms. The number of hydrogen-bond donors (Lipinski definition) is 2. The van der Waals surface area contributed by atoms with E-state index in [9.17, 15) is 18.0 Å². The van der Waals surface area contributed by atoms with Gasteiger partial charge in [-0.25, -0.2) is 5.84 Å². The Morgan fingerprint density at radius 3 is 2.41 bits per heavy atom. The molecule has 0 bridgehead atoms. The lowest BCUT2D eigenvalue weighted by Gasteiger charge is -2.26. The van der Waals surface area contributed by atoms with Crippen molar-refractivity contribution in [2.45, 2.75) is 19.5 Å². The number of carbonyl (C=O) groups is 1. The quantitative estimate of drug-likeness (QED) is 0.374. The normalized spacial score (nSPS) is 11.0. The molecule has 3 aromatic rings. The van der Waals surface area contributed by atoms with E-state index in [1.54, 1.807) is 12.1 Å². The van der Waals surface area contributed by atoms with Gasteiger partial charge in [0.05, 0.1) is 34.3 Å². The molecular formula is C23H18ClF3N4O. The van der Waals surface area contributed by atoms with E-state index >= 15 is 0 Å². The monoisotopic (exact) mass is 458 g/mol. The number of hydrazine groups is 1. The van der Waals surface area contributed by atoms with Gasteiger partial charge in [0.25, 0.3) is 0 Å². The minimum atomic E-state index is -4.62. The summed E-state index contributed by atoms with van der Waals surface area (Å²) in [7, 11) is 0. The average molecular weight is 459 g/mol. The number of nitrogens with one attached hydrogen (secondary N) is 1. The minimum absolute atomic E-state index is 0.0547. The number of nitrogens with zero attached hydrogens (tertiary/aromatic N) is 2. The van der Waals surface area contributed by atoms with Gasteiger partial charge in [-0.3, -0.25) is 9.80 Å². The summed E-state index contributed by atoms with van der Waals surface area (Å²) >= 11 is 6.09. The van der Waals surface area contributed by atoms with Crippen molar-refractivity contribution in [3.8, 4) is 6.07 Å². The Labute approximate surface area is 187 Å². The van der Waals surface area contributed by atoms with Gasteiger partial charge in [-0.1, -0.05) is 29.8 Å². The first-order chi connectivity index (χ1) is 15.1. The first-order valence-corrected chi connectivity index (χ1v) is 9.78. The van der Waals surface area contributed by atoms with E-state index in [4.69, 9.17) is 22.7 Å². The van der Waals surface area contributed by atoms with E-state index in [-0.39, 0.29) is 29.3 Å². The number of benzene rings is 3. The Kier molecular flexibility index (Phi) is 6.72. The predicted molar refractivity (Wildman–Crippen MR) is 117 cm³/mol. The number of nitriles is 1. The smallest absolute Gasteiger partial charge is 0.324 e. The van der Waals surface area contributed by atoms with E-state index < -0.39 is 11.7 Å². The number of halogens is 4. The number of amides is 1. The fourth-order valence-corrected chi connectivity index (χ4v) is 3.45. The third-order valence-electron chi connectivity index (χ3n) is 4.71. The zero-order valence-corrected chi connectivity index (χ0v) is 17.6. The molecule has 0 aromatic heterocycles. The molecule has 0 fully saturated rings. The Morgan fingerprint density at radius 2 is 1.81 bits per heavy atom. The van der Waals surface area contributed by atoms with E-state index in [1.165, 1.54) is 49.4 Å². The molecule has 0 unspecified atom stereocenters. The maximum atomic E-state index is 13.9. The third kappa shape index (κ3) is 5.19. The van der Waals surface area contributed by atoms with Gasteiger partial charge in [0, 0.05) is 18.4 Å². The van der Waals surface area contributed by atoms with Gasteiger partial charge in [-0.2, -0.15) is 18.4 Å².